The Kier molecular flexibility index (Phi) is 6.35. The van der Waals surface area contributed by atoms with Crippen LogP contribution >= 0.6 is 0 Å². The Bertz CT molecular complexity index is 1120. The van der Waals surface area contributed by atoms with Crippen LogP contribution in [0.3, 0.4) is 0 Å². The fraction of sp³-hybridized carbons (Fsp3) is 0.360. The molecule has 1 fully saturated rings. The maximum absolute atomic E-state index is 12.6. The third-order valence-electron chi connectivity index (χ3n) is 5.96. The molecule has 2 N–H and O–H groups in total. The van der Waals surface area contributed by atoms with E-state index in [-0.39, 0.29) is 23.8 Å². The lowest BCUT2D eigenvalue weighted by atomic mass is 9.91. The first-order valence-electron chi connectivity index (χ1n) is 11.0. The Balaban J connectivity index is 1.35. The Morgan fingerprint density at radius 3 is 2.16 bits per heavy atom. The van der Waals surface area contributed by atoms with Crippen LogP contribution in [-0.2, 0) is 0 Å². The lowest BCUT2D eigenvalue weighted by molar-refractivity contribution is 0.0925. The Morgan fingerprint density at radius 1 is 0.875 bits per heavy atom. The molecule has 1 heterocycles. The van der Waals surface area contributed by atoms with Crippen molar-refractivity contribution in [2.24, 2.45) is 0 Å². The van der Waals surface area contributed by atoms with Crippen LogP contribution in [0.1, 0.15) is 53.3 Å². The third-order valence-corrected chi connectivity index (χ3v) is 5.96. The molecule has 7 heteroatoms. The quantitative estimate of drug-likeness (QED) is 0.573. The van der Waals surface area contributed by atoms with Crippen molar-refractivity contribution in [3.63, 3.8) is 0 Å². The normalized spacial score (nSPS) is 18.2. The maximum atomic E-state index is 12.6. The monoisotopic (exact) mass is 431 g/mol. The van der Waals surface area contributed by atoms with E-state index in [1.807, 2.05) is 43.3 Å². The predicted molar refractivity (Wildman–Crippen MR) is 127 cm³/mol. The summed E-state index contributed by atoms with van der Waals surface area (Å²) in [5, 5.41) is 7.66. The van der Waals surface area contributed by atoms with Crippen molar-refractivity contribution in [3.8, 4) is 0 Å². The molecule has 0 atom stereocenters. The highest BCUT2D eigenvalue weighted by atomic mass is 16.1. The minimum absolute atomic E-state index is 0.00382. The summed E-state index contributed by atoms with van der Waals surface area (Å²) >= 11 is 0. The second kappa shape index (κ2) is 9.34. The second-order valence-corrected chi connectivity index (χ2v) is 8.58. The van der Waals surface area contributed by atoms with Crippen molar-refractivity contribution in [2.45, 2.75) is 44.7 Å². The minimum Gasteiger partial charge on any atom is -0.362 e. The van der Waals surface area contributed by atoms with E-state index in [9.17, 15) is 9.59 Å². The molecule has 1 saturated carbocycles. The van der Waals surface area contributed by atoms with Gasteiger partial charge in [-0.1, -0.05) is 24.3 Å². The number of carbonyl (C=O) groups excluding carboxylic acids is 2. The number of para-hydroxylation sites is 1. The number of aromatic nitrogens is 2. The molecule has 0 unspecified atom stereocenters. The number of nitrogens with zero attached hydrogens (tertiary/aromatic N) is 3. The molecule has 0 bridgehead atoms. The molecule has 1 aliphatic carbocycles. The number of fused-ring (bicyclic) bond motifs is 1. The van der Waals surface area contributed by atoms with Gasteiger partial charge in [0.2, 0.25) is 5.95 Å². The smallest absolute Gasteiger partial charge is 0.251 e. The molecule has 0 aliphatic heterocycles. The third kappa shape index (κ3) is 4.88. The molecule has 1 aliphatic rings. The summed E-state index contributed by atoms with van der Waals surface area (Å²) in [5.74, 6) is 1.45. The van der Waals surface area contributed by atoms with Gasteiger partial charge in [-0.15, -0.1) is 0 Å². The zero-order chi connectivity index (χ0) is 22.7. The molecule has 1 amide bonds. The molecular weight excluding hydrogens is 402 g/mol. The fourth-order valence-electron chi connectivity index (χ4n) is 4.16. The van der Waals surface area contributed by atoms with Gasteiger partial charge in [-0.3, -0.25) is 9.59 Å². The van der Waals surface area contributed by atoms with E-state index in [2.05, 4.69) is 10.6 Å². The highest BCUT2D eigenvalue weighted by Crippen LogP contribution is 2.26. The number of hydrogen-bond donors (Lipinski definition) is 2. The number of benzene rings is 2. The number of amides is 1. The number of hydrogen-bond acceptors (Lipinski definition) is 6. The van der Waals surface area contributed by atoms with Crippen LogP contribution in [0.5, 0.6) is 0 Å². The summed E-state index contributed by atoms with van der Waals surface area (Å²) < 4.78 is 0. The number of anilines is 2. The Labute approximate surface area is 188 Å². The van der Waals surface area contributed by atoms with E-state index < -0.39 is 0 Å². The van der Waals surface area contributed by atoms with Gasteiger partial charge in [-0.2, -0.15) is 4.98 Å². The van der Waals surface area contributed by atoms with Crippen molar-refractivity contribution >= 4 is 34.4 Å². The van der Waals surface area contributed by atoms with Crippen LogP contribution in [0.2, 0.25) is 0 Å². The van der Waals surface area contributed by atoms with Crippen molar-refractivity contribution < 1.29 is 9.59 Å². The molecule has 7 nitrogen and oxygen atoms in total. The highest BCUT2D eigenvalue weighted by molar-refractivity contribution is 5.97. The molecule has 166 valence electrons. The van der Waals surface area contributed by atoms with Crippen molar-refractivity contribution in [3.05, 3.63) is 59.7 Å². The standard InChI is InChI=1S/C25H29N5O2/c1-16(31)17-8-10-18(11-9-17)24(32)26-19-12-14-20(15-13-19)27-25-28-22-7-5-4-6-21(22)23(29-25)30(2)3/h4-11,19-20H,12-15H2,1-3H3,(H,26,32)(H,27,28,29)/t19-,20+. The number of ketones is 1. The molecule has 0 saturated heterocycles. The summed E-state index contributed by atoms with van der Waals surface area (Å²) in [5.41, 5.74) is 2.11. The van der Waals surface area contributed by atoms with E-state index in [0.717, 1.165) is 42.4 Å². The molecule has 0 radical (unpaired) electrons. The van der Waals surface area contributed by atoms with E-state index in [1.165, 1.54) is 6.92 Å². The molecule has 0 spiro atoms. The van der Waals surface area contributed by atoms with Gasteiger partial charge in [0.25, 0.3) is 5.91 Å². The van der Waals surface area contributed by atoms with Crippen molar-refractivity contribution in [1.29, 1.82) is 0 Å². The number of carbonyl (C=O) groups is 2. The first-order chi connectivity index (χ1) is 15.4. The van der Waals surface area contributed by atoms with Crippen LogP contribution in [-0.4, -0.2) is 47.8 Å². The van der Waals surface area contributed by atoms with Gasteiger partial charge in [-0.25, -0.2) is 4.98 Å². The van der Waals surface area contributed by atoms with E-state index >= 15 is 0 Å². The molecule has 32 heavy (non-hydrogen) atoms. The molecule has 3 aromatic rings. The maximum Gasteiger partial charge on any atom is 0.251 e. The SMILES string of the molecule is CC(=O)c1ccc(C(=O)N[C@H]2CC[C@@H](Nc3nc(N(C)C)c4ccccc4n3)CC2)cc1. The topological polar surface area (TPSA) is 87.2 Å². The average Bonchev–Trinajstić information content (AvgIpc) is 2.79. The zero-order valence-corrected chi connectivity index (χ0v) is 18.8. The van der Waals surface area contributed by atoms with Gasteiger partial charge in [-0.05, 0) is 56.9 Å². The van der Waals surface area contributed by atoms with E-state index in [1.54, 1.807) is 24.3 Å². The van der Waals surface area contributed by atoms with Gasteiger partial charge in [0.05, 0.1) is 5.52 Å². The molecule has 4 rings (SSSR count). The summed E-state index contributed by atoms with van der Waals surface area (Å²) in [4.78, 5) is 35.4. The summed E-state index contributed by atoms with van der Waals surface area (Å²) in [7, 11) is 3.97. The van der Waals surface area contributed by atoms with Gasteiger partial charge >= 0.3 is 0 Å². The van der Waals surface area contributed by atoms with Crippen LogP contribution in [0, 0.1) is 0 Å². The minimum atomic E-state index is -0.0926. The fourth-order valence-corrected chi connectivity index (χ4v) is 4.16. The summed E-state index contributed by atoms with van der Waals surface area (Å²) in [6.45, 7) is 1.52. The lowest BCUT2D eigenvalue weighted by Crippen LogP contribution is -2.40. The predicted octanol–water partition coefficient (Wildman–Crippen LogP) is 4.05. The van der Waals surface area contributed by atoms with E-state index in [0.29, 0.717) is 17.1 Å². The van der Waals surface area contributed by atoms with Crippen LogP contribution < -0.4 is 15.5 Å². The van der Waals surface area contributed by atoms with Crippen LogP contribution in [0.15, 0.2) is 48.5 Å². The van der Waals surface area contributed by atoms with Crippen LogP contribution in [0.25, 0.3) is 10.9 Å². The number of rotatable bonds is 6. The molecular formula is C25H29N5O2. The number of nitrogens with one attached hydrogen (secondary N) is 2. The number of Topliss-reactive ketones (excluding diaryl/α,β-unsaturated/α-hetero) is 1. The van der Waals surface area contributed by atoms with E-state index in [4.69, 9.17) is 9.97 Å². The lowest BCUT2D eigenvalue weighted by Gasteiger charge is -2.30. The van der Waals surface area contributed by atoms with Gasteiger partial charge in [0, 0.05) is 42.7 Å². The van der Waals surface area contributed by atoms with Gasteiger partial charge in [0.1, 0.15) is 5.82 Å². The highest BCUT2D eigenvalue weighted by Gasteiger charge is 2.24. The first-order valence-corrected chi connectivity index (χ1v) is 11.0. The Hall–Kier alpha value is -3.48. The largest absolute Gasteiger partial charge is 0.362 e. The van der Waals surface area contributed by atoms with Crippen molar-refractivity contribution in [2.75, 3.05) is 24.3 Å². The van der Waals surface area contributed by atoms with Gasteiger partial charge < -0.3 is 15.5 Å². The Morgan fingerprint density at radius 2 is 1.50 bits per heavy atom. The van der Waals surface area contributed by atoms with Gasteiger partial charge in [0.15, 0.2) is 5.78 Å². The van der Waals surface area contributed by atoms with Crippen LogP contribution in [0.4, 0.5) is 11.8 Å². The molecule has 1 aromatic heterocycles. The summed E-state index contributed by atoms with van der Waals surface area (Å²) in [6, 6.07) is 15.3. The molecule has 2 aromatic carbocycles. The van der Waals surface area contributed by atoms with Crippen molar-refractivity contribution in [1.82, 2.24) is 15.3 Å². The average molecular weight is 432 g/mol. The first kappa shape index (κ1) is 21.7. The summed E-state index contributed by atoms with van der Waals surface area (Å²) in [6.07, 6.45) is 3.65. The second-order valence-electron chi connectivity index (χ2n) is 8.58. The zero-order valence-electron chi connectivity index (χ0n) is 18.8.